The molecule has 2 unspecified atom stereocenters. The second-order valence-corrected chi connectivity index (χ2v) is 14.2. The molecule has 53 heavy (non-hydrogen) atoms. The Kier molecular flexibility index (Phi) is 13.5. The molecule has 15 heteroatoms. The molecule has 0 radical (unpaired) electrons. The molecule has 2 amide bonds. The minimum absolute atomic E-state index is 0.0918. The number of halogens is 4. The predicted octanol–water partition coefficient (Wildman–Crippen LogP) is 5.80. The van der Waals surface area contributed by atoms with Crippen molar-refractivity contribution >= 4 is 35.2 Å². The van der Waals surface area contributed by atoms with Gasteiger partial charge in [-0.05, 0) is 86.2 Å². The topological polar surface area (TPSA) is 145 Å². The minimum Gasteiger partial charge on any atom is -0.497 e. The van der Waals surface area contributed by atoms with Gasteiger partial charge in [0.1, 0.15) is 35.5 Å². The van der Waals surface area contributed by atoms with Crippen LogP contribution in [0.5, 0.6) is 11.5 Å². The van der Waals surface area contributed by atoms with Gasteiger partial charge in [0, 0.05) is 5.02 Å². The monoisotopic (exact) mass is 761 g/mol. The van der Waals surface area contributed by atoms with E-state index in [4.69, 9.17) is 30.5 Å². The SMILES string of the molecule is COc1ccc([C@H](NC(=O)[C@H](Cc2cccc(Cl)c2)NC2OC2c2ccc(OCC(=O)OC(C)(C)C)cc2)C(=O)N[C@H](C(=O)C(F)(F)F)C(C)C)cc1. The van der Waals surface area contributed by atoms with Crippen molar-refractivity contribution < 1.29 is 51.3 Å². The zero-order valence-corrected chi connectivity index (χ0v) is 30.8. The lowest BCUT2D eigenvalue weighted by atomic mass is 9.97. The first-order chi connectivity index (χ1) is 24.8. The lowest BCUT2D eigenvalue weighted by molar-refractivity contribution is -0.175. The number of ketones is 1. The molecule has 1 aliphatic heterocycles. The number of nitrogens with one attached hydrogen (secondary N) is 3. The fourth-order valence-electron chi connectivity index (χ4n) is 5.37. The summed E-state index contributed by atoms with van der Waals surface area (Å²) in [5.41, 5.74) is 1.01. The van der Waals surface area contributed by atoms with Crippen LogP contribution >= 0.6 is 11.6 Å². The minimum atomic E-state index is -5.19. The first kappa shape index (κ1) is 41.1. The molecule has 5 atom stereocenters. The number of ether oxygens (including phenoxy) is 4. The molecule has 1 heterocycles. The van der Waals surface area contributed by atoms with Gasteiger partial charge < -0.3 is 29.6 Å². The van der Waals surface area contributed by atoms with Crippen LogP contribution in [0.4, 0.5) is 13.2 Å². The number of Topliss-reactive ketones (excluding diaryl/α,β-unsaturated/α-hetero) is 1. The Hall–Kier alpha value is -4.66. The van der Waals surface area contributed by atoms with Gasteiger partial charge in [-0.1, -0.05) is 61.8 Å². The smallest absolute Gasteiger partial charge is 0.452 e. The number of alkyl halides is 3. The van der Waals surface area contributed by atoms with E-state index < -0.39 is 71.7 Å². The van der Waals surface area contributed by atoms with Gasteiger partial charge in [-0.15, -0.1) is 0 Å². The quantitative estimate of drug-likeness (QED) is 0.122. The number of carbonyl (C=O) groups is 4. The fraction of sp³-hybridized carbons (Fsp3) is 0.421. The molecule has 4 rings (SSSR count). The molecule has 11 nitrogen and oxygen atoms in total. The normalized spacial score (nSPS) is 17.3. The summed E-state index contributed by atoms with van der Waals surface area (Å²) in [4.78, 5) is 52.0. The first-order valence-corrected chi connectivity index (χ1v) is 17.2. The van der Waals surface area contributed by atoms with Crippen LogP contribution in [-0.4, -0.2) is 67.4 Å². The molecule has 3 aromatic rings. The fourth-order valence-corrected chi connectivity index (χ4v) is 5.59. The van der Waals surface area contributed by atoms with Gasteiger partial charge in [-0.2, -0.15) is 13.2 Å². The Bertz CT molecular complexity index is 1750. The molecule has 0 spiro atoms. The third kappa shape index (κ3) is 12.2. The van der Waals surface area contributed by atoms with Gasteiger partial charge in [-0.3, -0.25) is 19.7 Å². The highest BCUT2D eigenvalue weighted by atomic mass is 35.5. The van der Waals surface area contributed by atoms with Crippen molar-refractivity contribution in [2.24, 2.45) is 5.92 Å². The van der Waals surface area contributed by atoms with Crippen molar-refractivity contribution in [3.05, 3.63) is 94.5 Å². The molecule has 286 valence electrons. The maximum Gasteiger partial charge on any atom is 0.452 e. The Morgan fingerprint density at radius 2 is 1.53 bits per heavy atom. The summed E-state index contributed by atoms with van der Waals surface area (Å²) < 4.78 is 62.2. The van der Waals surface area contributed by atoms with Crippen molar-refractivity contribution in [2.45, 2.75) is 83.3 Å². The molecule has 3 aromatic carbocycles. The summed E-state index contributed by atoms with van der Waals surface area (Å²) in [6.07, 6.45) is -6.21. The molecule has 1 fully saturated rings. The van der Waals surface area contributed by atoms with E-state index in [9.17, 15) is 32.3 Å². The van der Waals surface area contributed by atoms with Crippen molar-refractivity contribution in [3.8, 4) is 11.5 Å². The summed E-state index contributed by atoms with van der Waals surface area (Å²) in [5.74, 6) is -4.36. The average Bonchev–Trinajstić information content (AvgIpc) is 3.86. The standard InChI is InChI=1S/C38H43ClF3N3O8/c1-21(2)30(33(47)38(40,41)42)44-35(49)31(23-10-14-26(50-6)15-11-23)45-34(48)28(19-22-8-7-9-25(39)18-22)43-36-32(52-36)24-12-16-27(17-13-24)51-20-29(46)53-37(3,4)5/h7-18,21,28,30-32,36,43H,19-20H2,1-6H3,(H,44,49)(H,45,48)/t28-,30-,31-,32?,36?/m0/s1. The van der Waals surface area contributed by atoms with E-state index in [2.05, 4.69) is 16.0 Å². The highest BCUT2D eigenvalue weighted by Gasteiger charge is 2.46. The number of hydrogen-bond donors (Lipinski definition) is 3. The molecular weight excluding hydrogens is 719 g/mol. The molecule has 0 bridgehead atoms. The summed E-state index contributed by atoms with van der Waals surface area (Å²) in [5, 5.41) is 8.48. The number of rotatable bonds is 16. The number of benzene rings is 3. The average molecular weight is 762 g/mol. The van der Waals surface area contributed by atoms with Crippen LogP contribution in [0.3, 0.4) is 0 Å². The molecule has 1 saturated heterocycles. The van der Waals surface area contributed by atoms with Gasteiger partial charge in [-0.25, -0.2) is 4.79 Å². The lowest BCUT2D eigenvalue weighted by Crippen LogP contribution is -2.54. The Morgan fingerprint density at radius 1 is 0.887 bits per heavy atom. The largest absolute Gasteiger partial charge is 0.497 e. The van der Waals surface area contributed by atoms with Gasteiger partial charge >= 0.3 is 12.1 Å². The zero-order valence-electron chi connectivity index (χ0n) is 30.1. The number of amides is 2. The summed E-state index contributed by atoms with van der Waals surface area (Å²) in [6.45, 7) is 7.74. The van der Waals surface area contributed by atoms with E-state index >= 15 is 0 Å². The maximum absolute atomic E-state index is 14.1. The Morgan fingerprint density at radius 3 is 2.09 bits per heavy atom. The van der Waals surface area contributed by atoms with E-state index in [1.54, 1.807) is 69.3 Å². The van der Waals surface area contributed by atoms with Crippen LogP contribution in [0.1, 0.15) is 63.5 Å². The molecule has 0 saturated carbocycles. The third-order valence-electron chi connectivity index (χ3n) is 8.01. The summed E-state index contributed by atoms with van der Waals surface area (Å²) in [6, 6.07) is 15.3. The van der Waals surface area contributed by atoms with Crippen LogP contribution < -0.4 is 25.4 Å². The highest BCUT2D eigenvalue weighted by molar-refractivity contribution is 6.30. The van der Waals surface area contributed by atoms with Gasteiger partial charge in [0.15, 0.2) is 6.61 Å². The van der Waals surface area contributed by atoms with Crippen LogP contribution in [0.25, 0.3) is 0 Å². The second-order valence-electron chi connectivity index (χ2n) is 13.8. The Balaban J connectivity index is 1.53. The van der Waals surface area contributed by atoms with E-state index in [-0.39, 0.29) is 18.6 Å². The number of epoxide rings is 1. The third-order valence-corrected chi connectivity index (χ3v) is 8.25. The van der Waals surface area contributed by atoms with Crippen molar-refractivity contribution in [2.75, 3.05) is 13.7 Å². The maximum atomic E-state index is 14.1. The first-order valence-electron chi connectivity index (χ1n) is 16.8. The molecule has 0 aromatic heterocycles. The zero-order chi connectivity index (χ0) is 39.1. The van der Waals surface area contributed by atoms with Crippen LogP contribution in [0.2, 0.25) is 5.02 Å². The molecule has 0 aliphatic carbocycles. The number of esters is 1. The number of carbonyl (C=O) groups excluding carboxylic acids is 4. The highest BCUT2D eigenvalue weighted by Crippen LogP contribution is 2.38. The second kappa shape index (κ2) is 17.4. The number of hydrogen-bond acceptors (Lipinski definition) is 9. The van der Waals surface area contributed by atoms with Crippen molar-refractivity contribution in [1.29, 1.82) is 0 Å². The molecule has 1 aliphatic rings. The lowest BCUT2D eigenvalue weighted by Gasteiger charge is -2.27. The summed E-state index contributed by atoms with van der Waals surface area (Å²) in [7, 11) is 1.44. The van der Waals surface area contributed by atoms with Crippen LogP contribution in [0, 0.1) is 5.92 Å². The molecular formula is C38H43ClF3N3O8. The van der Waals surface area contributed by atoms with Crippen molar-refractivity contribution in [3.63, 3.8) is 0 Å². The van der Waals surface area contributed by atoms with E-state index in [1.807, 2.05) is 0 Å². The van der Waals surface area contributed by atoms with E-state index in [0.717, 1.165) is 5.56 Å². The van der Waals surface area contributed by atoms with E-state index in [0.29, 0.717) is 22.1 Å². The predicted molar refractivity (Wildman–Crippen MR) is 189 cm³/mol. The Labute approximate surface area is 310 Å². The van der Waals surface area contributed by atoms with Crippen molar-refractivity contribution in [1.82, 2.24) is 16.0 Å². The summed E-state index contributed by atoms with van der Waals surface area (Å²) >= 11 is 6.22. The van der Waals surface area contributed by atoms with Crippen LogP contribution in [-0.2, 0) is 35.1 Å². The number of methoxy groups -OCH3 is 1. The van der Waals surface area contributed by atoms with E-state index in [1.165, 1.54) is 45.2 Å². The molecule has 3 N–H and O–H groups in total. The van der Waals surface area contributed by atoms with Gasteiger partial charge in [0.25, 0.3) is 5.78 Å². The van der Waals surface area contributed by atoms with Crippen LogP contribution in [0.15, 0.2) is 72.8 Å². The van der Waals surface area contributed by atoms with Gasteiger partial charge in [0.05, 0.1) is 19.2 Å². The van der Waals surface area contributed by atoms with Gasteiger partial charge in [0.2, 0.25) is 11.8 Å².